The van der Waals surface area contributed by atoms with Crippen molar-refractivity contribution in [1.29, 1.82) is 0 Å². The molecule has 0 radical (unpaired) electrons. The first-order valence-electron chi connectivity index (χ1n) is 13.4. The zero-order valence-electron chi connectivity index (χ0n) is 23.6. The predicted molar refractivity (Wildman–Crippen MR) is 153 cm³/mol. The van der Waals surface area contributed by atoms with E-state index in [0.29, 0.717) is 47.3 Å². The number of carbonyl (C=O) groups is 1. The van der Waals surface area contributed by atoms with E-state index in [4.69, 9.17) is 23.7 Å². The van der Waals surface area contributed by atoms with Gasteiger partial charge < -0.3 is 23.7 Å². The van der Waals surface area contributed by atoms with E-state index < -0.39 is 5.97 Å². The van der Waals surface area contributed by atoms with Gasteiger partial charge in [0.2, 0.25) is 0 Å². The average molecular weight is 582 g/mol. The Balaban J connectivity index is 1.50. The van der Waals surface area contributed by atoms with Crippen LogP contribution < -0.4 is 18.9 Å². The van der Waals surface area contributed by atoms with Crippen molar-refractivity contribution < 1.29 is 28.5 Å². The van der Waals surface area contributed by atoms with E-state index >= 15 is 0 Å². The van der Waals surface area contributed by atoms with Crippen LogP contribution in [0.1, 0.15) is 31.3 Å². The van der Waals surface area contributed by atoms with Gasteiger partial charge in [-0.15, -0.1) is 10.2 Å². The minimum atomic E-state index is -0.687. The maximum Gasteiger partial charge on any atom is 0.361 e. The van der Waals surface area contributed by atoms with E-state index in [9.17, 15) is 4.79 Å². The highest BCUT2D eigenvalue weighted by Gasteiger charge is 2.22. The van der Waals surface area contributed by atoms with Crippen molar-refractivity contribution in [3.8, 4) is 57.4 Å². The van der Waals surface area contributed by atoms with Gasteiger partial charge in [0.15, 0.2) is 23.0 Å². The Hall–Kier alpha value is -5.72. The minimum Gasteiger partial charge on any atom is -0.488 e. The van der Waals surface area contributed by atoms with Gasteiger partial charge in [-0.05, 0) is 57.2 Å². The topological polar surface area (TPSA) is 153 Å². The molecule has 0 aliphatic heterocycles. The normalized spacial score (nSPS) is 10.6. The lowest BCUT2D eigenvalue weighted by Crippen LogP contribution is -2.12. The Morgan fingerprint density at radius 1 is 0.721 bits per heavy atom. The molecule has 0 amide bonds. The molecule has 0 saturated heterocycles. The predicted octanol–water partition coefficient (Wildman–Crippen LogP) is 5.34. The van der Waals surface area contributed by atoms with E-state index in [2.05, 4.69) is 35.1 Å². The van der Waals surface area contributed by atoms with Crippen LogP contribution in [-0.4, -0.2) is 60.9 Å². The lowest BCUT2D eigenvalue weighted by atomic mass is 10.1. The van der Waals surface area contributed by atoms with Crippen LogP contribution in [-0.2, 0) is 4.74 Å². The molecule has 0 atom stereocenters. The second-order valence-corrected chi connectivity index (χ2v) is 8.56. The summed E-state index contributed by atoms with van der Waals surface area (Å²) in [5.74, 6) is 1.71. The third kappa shape index (κ3) is 6.96. The molecule has 0 fully saturated rings. The van der Waals surface area contributed by atoms with Gasteiger partial charge in [-0.1, -0.05) is 0 Å². The number of nitrogens with zero attached hydrogens (tertiary/aromatic N) is 7. The number of esters is 1. The van der Waals surface area contributed by atoms with Gasteiger partial charge >= 0.3 is 5.97 Å². The van der Waals surface area contributed by atoms with Crippen molar-refractivity contribution in [3.63, 3.8) is 0 Å². The number of hydrogen-bond donors (Lipinski definition) is 0. The van der Waals surface area contributed by atoms with Gasteiger partial charge in [-0.2, -0.15) is 0 Å². The lowest BCUT2D eigenvalue weighted by molar-refractivity contribution is 0.0518. The summed E-state index contributed by atoms with van der Waals surface area (Å²) in [5.41, 5.74) is 1.00. The van der Waals surface area contributed by atoms with Gasteiger partial charge in [-0.25, -0.2) is 19.7 Å². The molecule has 0 aromatic carbocycles. The number of rotatable bonds is 12. The summed E-state index contributed by atoms with van der Waals surface area (Å²) in [6.45, 7) is 6.46. The minimum absolute atomic E-state index is 0.0902. The second kappa shape index (κ2) is 13.8. The van der Waals surface area contributed by atoms with E-state index in [1.807, 2.05) is 13.8 Å². The highest BCUT2D eigenvalue weighted by molar-refractivity contribution is 5.94. The molecular weight excluding hydrogens is 554 g/mol. The first-order chi connectivity index (χ1) is 21.1. The molecule has 5 aromatic rings. The van der Waals surface area contributed by atoms with Gasteiger partial charge in [0.1, 0.15) is 17.2 Å². The van der Waals surface area contributed by atoms with E-state index in [0.717, 1.165) is 0 Å². The number of ether oxygens (including phenoxy) is 5. The Kier molecular flexibility index (Phi) is 9.22. The lowest BCUT2D eigenvalue weighted by Gasteiger charge is -2.12. The number of carbonyl (C=O) groups excluding carboxylic acids is 1. The van der Waals surface area contributed by atoms with Crippen molar-refractivity contribution in [3.05, 3.63) is 79.3 Å². The van der Waals surface area contributed by atoms with Crippen LogP contribution in [0.2, 0.25) is 0 Å². The SMILES string of the molecule is CCOC(=O)c1nnc(-c2cncc(Oc3ncccc3OCC)c2)nc1-c1cncc(Oc2ncccc2OCC)c1. The molecular formula is C30H27N7O6. The maximum absolute atomic E-state index is 12.8. The summed E-state index contributed by atoms with van der Waals surface area (Å²) in [5, 5.41) is 8.35. The van der Waals surface area contributed by atoms with Crippen LogP contribution in [0, 0.1) is 0 Å². The fourth-order valence-corrected chi connectivity index (χ4v) is 3.85. The summed E-state index contributed by atoms with van der Waals surface area (Å²) in [4.78, 5) is 34.5. The summed E-state index contributed by atoms with van der Waals surface area (Å²) in [6, 6.07) is 10.3. The molecule has 0 bridgehead atoms. The van der Waals surface area contributed by atoms with Crippen molar-refractivity contribution >= 4 is 5.97 Å². The van der Waals surface area contributed by atoms with Gasteiger partial charge in [-0.3, -0.25) is 9.97 Å². The van der Waals surface area contributed by atoms with E-state index in [1.165, 1.54) is 18.6 Å². The molecule has 218 valence electrons. The molecule has 0 aliphatic rings. The monoisotopic (exact) mass is 581 g/mol. The summed E-state index contributed by atoms with van der Waals surface area (Å²) in [6.07, 6.45) is 9.29. The largest absolute Gasteiger partial charge is 0.488 e. The third-order valence-corrected chi connectivity index (χ3v) is 5.61. The van der Waals surface area contributed by atoms with E-state index in [-0.39, 0.29) is 35.6 Å². The maximum atomic E-state index is 12.8. The first-order valence-corrected chi connectivity index (χ1v) is 13.4. The molecule has 43 heavy (non-hydrogen) atoms. The van der Waals surface area contributed by atoms with Crippen molar-refractivity contribution in [2.45, 2.75) is 20.8 Å². The molecule has 0 unspecified atom stereocenters. The third-order valence-electron chi connectivity index (χ3n) is 5.61. The Labute approximate surface area is 246 Å². The standard InChI is InChI=1S/C30H27N7O6/c1-4-39-23-9-7-11-33-28(23)42-21-13-19(15-31-17-21)25-26(30(38)41-6-3)36-37-27(35-25)20-14-22(18-32-16-20)43-29-24(40-5-2)10-8-12-34-29/h7-18H,4-6H2,1-3H3. The van der Waals surface area contributed by atoms with Crippen LogP contribution in [0.25, 0.3) is 22.6 Å². The fourth-order valence-electron chi connectivity index (χ4n) is 3.85. The number of hydrogen-bond acceptors (Lipinski definition) is 13. The number of aromatic nitrogens is 7. The van der Waals surface area contributed by atoms with Crippen LogP contribution in [0.3, 0.4) is 0 Å². The van der Waals surface area contributed by atoms with Gasteiger partial charge in [0, 0.05) is 35.9 Å². The van der Waals surface area contributed by atoms with Gasteiger partial charge in [0.05, 0.1) is 32.2 Å². The molecule has 5 heterocycles. The Morgan fingerprint density at radius 2 is 1.30 bits per heavy atom. The van der Waals surface area contributed by atoms with E-state index in [1.54, 1.807) is 61.9 Å². The zero-order chi connectivity index (χ0) is 30.0. The van der Waals surface area contributed by atoms with Crippen LogP contribution in [0.15, 0.2) is 73.6 Å². The van der Waals surface area contributed by atoms with Crippen molar-refractivity contribution in [2.75, 3.05) is 19.8 Å². The summed E-state index contributed by atoms with van der Waals surface area (Å²) < 4.78 is 28.3. The molecule has 5 rings (SSSR count). The molecule has 13 nitrogen and oxygen atoms in total. The molecule has 0 aliphatic carbocycles. The van der Waals surface area contributed by atoms with Crippen LogP contribution in [0.5, 0.6) is 34.8 Å². The Bertz CT molecular complexity index is 1720. The number of pyridine rings is 4. The highest BCUT2D eigenvalue weighted by Crippen LogP contribution is 2.33. The fraction of sp³-hybridized carbons (Fsp3) is 0.200. The smallest absolute Gasteiger partial charge is 0.361 e. The Morgan fingerprint density at radius 3 is 1.88 bits per heavy atom. The summed E-state index contributed by atoms with van der Waals surface area (Å²) in [7, 11) is 0. The van der Waals surface area contributed by atoms with Gasteiger partial charge in [0.25, 0.3) is 11.8 Å². The molecule has 0 saturated carbocycles. The highest BCUT2D eigenvalue weighted by atomic mass is 16.5. The average Bonchev–Trinajstić information content (AvgIpc) is 3.03. The van der Waals surface area contributed by atoms with Crippen LogP contribution >= 0.6 is 0 Å². The summed E-state index contributed by atoms with van der Waals surface area (Å²) >= 11 is 0. The molecule has 13 heteroatoms. The molecule has 0 spiro atoms. The zero-order valence-corrected chi connectivity index (χ0v) is 23.6. The first kappa shape index (κ1) is 28.8. The van der Waals surface area contributed by atoms with Crippen molar-refractivity contribution in [2.24, 2.45) is 0 Å². The molecule has 0 N–H and O–H groups in total. The quantitative estimate of drug-likeness (QED) is 0.174. The second-order valence-electron chi connectivity index (χ2n) is 8.56. The van der Waals surface area contributed by atoms with Crippen LogP contribution in [0.4, 0.5) is 0 Å². The van der Waals surface area contributed by atoms with Crippen molar-refractivity contribution in [1.82, 2.24) is 35.1 Å². The molecule has 5 aromatic heterocycles.